The first-order valence-corrected chi connectivity index (χ1v) is 7.36. The molecule has 24 heavy (non-hydrogen) atoms. The maximum atomic E-state index is 12.3. The summed E-state index contributed by atoms with van der Waals surface area (Å²) in [4.78, 5) is 33.5. The molecule has 1 unspecified atom stereocenters. The minimum atomic E-state index is -0.604. The van der Waals surface area contributed by atoms with Crippen LogP contribution in [0.25, 0.3) is 0 Å². The Labute approximate surface area is 138 Å². The highest BCUT2D eigenvalue weighted by Gasteiger charge is 2.31. The summed E-state index contributed by atoms with van der Waals surface area (Å²) in [6.45, 7) is 0.613. The quantitative estimate of drug-likeness (QED) is 0.869. The van der Waals surface area contributed by atoms with Gasteiger partial charge in [0.2, 0.25) is 0 Å². The van der Waals surface area contributed by atoms with Crippen molar-refractivity contribution >= 4 is 17.6 Å². The molecule has 124 valence electrons. The maximum absolute atomic E-state index is 12.3. The molecule has 8 heteroatoms. The minimum Gasteiger partial charge on any atom is -0.508 e. The number of phenolic OH excluding ortho intramolecular Hbond substituents is 1. The molecule has 0 bridgehead atoms. The minimum absolute atomic E-state index is 0.121. The number of ether oxygens (including phenoxy) is 1. The van der Waals surface area contributed by atoms with Crippen molar-refractivity contribution in [2.45, 2.75) is 12.5 Å². The first-order chi connectivity index (χ1) is 11.5. The molecule has 2 heterocycles. The molecule has 3 rings (SSSR count). The van der Waals surface area contributed by atoms with Crippen LogP contribution < -0.4 is 10.1 Å². The number of benzene rings is 1. The van der Waals surface area contributed by atoms with Crippen molar-refractivity contribution in [3.63, 3.8) is 0 Å². The van der Waals surface area contributed by atoms with Crippen LogP contribution in [-0.2, 0) is 4.79 Å². The molecule has 1 aliphatic heterocycles. The zero-order valence-electron chi connectivity index (χ0n) is 13.0. The van der Waals surface area contributed by atoms with E-state index >= 15 is 0 Å². The van der Waals surface area contributed by atoms with Crippen LogP contribution in [0, 0.1) is 0 Å². The first-order valence-electron chi connectivity index (χ1n) is 7.36. The number of likely N-dealkylation sites (tertiary alicyclic amines) is 1. The SMILES string of the molecule is CN1CCC(Oc2cc(O)cc(C(=O)Nc3cnccn3)c2)C1=O. The van der Waals surface area contributed by atoms with Crippen molar-refractivity contribution in [2.24, 2.45) is 0 Å². The van der Waals surface area contributed by atoms with Crippen LogP contribution in [-0.4, -0.2) is 51.5 Å². The fraction of sp³-hybridized carbons (Fsp3) is 0.250. The highest BCUT2D eigenvalue weighted by molar-refractivity contribution is 6.04. The van der Waals surface area contributed by atoms with Crippen molar-refractivity contribution in [3.05, 3.63) is 42.4 Å². The summed E-state index contributed by atoms with van der Waals surface area (Å²) in [5.74, 6) is -0.167. The molecule has 0 aliphatic carbocycles. The molecule has 0 saturated carbocycles. The normalized spacial score (nSPS) is 17.0. The predicted molar refractivity (Wildman–Crippen MR) is 84.8 cm³/mol. The maximum Gasteiger partial charge on any atom is 0.263 e. The first kappa shape index (κ1) is 15.7. The molecule has 1 atom stereocenters. The summed E-state index contributed by atoms with van der Waals surface area (Å²) in [5, 5.41) is 12.4. The van der Waals surface area contributed by atoms with E-state index in [9.17, 15) is 14.7 Å². The molecule has 1 aromatic carbocycles. The van der Waals surface area contributed by atoms with Gasteiger partial charge in [-0.3, -0.25) is 14.6 Å². The van der Waals surface area contributed by atoms with Crippen molar-refractivity contribution in [2.75, 3.05) is 18.9 Å². The van der Waals surface area contributed by atoms with E-state index in [0.29, 0.717) is 18.8 Å². The van der Waals surface area contributed by atoms with Gasteiger partial charge >= 0.3 is 0 Å². The average molecular weight is 328 g/mol. The number of carbonyl (C=O) groups is 2. The lowest BCUT2D eigenvalue weighted by atomic mass is 10.2. The lowest BCUT2D eigenvalue weighted by molar-refractivity contribution is -0.132. The summed E-state index contributed by atoms with van der Waals surface area (Å²) in [6.07, 6.45) is 4.31. The molecular weight excluding hydrogens is 312 g/mol. The van der Waals surface area contributed by atoms with E-state index in [1.807, 2.05) is 0 Å². The molecule has 8 nitrogen and oxygen atoms in total. The number of amides is 2. The number of anilines is 1. The number of carbonyl (C=O) groups excluding carboxylic acids is 2. The van der Waals surface area contributed by atoms with E-state index in [0.717, 1.165) is 0 Å². The summed E-state index contributed by atoms with van der Waals surface area (Å²) >= 11 is 0. The van der Waals surface area contributed by atoms with Gasteiger partial charge in [-0.05, 0) is 12.1 Å². The third-order valence-electron chi connectivity index (χ3n) is 3.61. The molecule has 0 spiro atoms. The van der Waals surface area contributed by atoms with Crippen LogP contribution in [0.15, 0.2) is 36.8 Å². The van der Waals surface area contributed by atoms with E-state index in [-0.39, 0.29) is 23.0 Å². The van der Waals surface area contributed by atoms with Crippen molar-refractivity contribution in [1.29, 1.82) is 0 Å². The fourth-order valence-electron chi connectivity index (χ4n) is 2.40. The van der Waals surface area contributed by atoms with Gasteiger partial charge in [-0.2, -0.15) is 0 Å². The number of likely N-dealkylation sites (N-methyl/N-ethyl adjacent to an activating group) is 1. The molecule has 0 radical (unpaired) electrons. The highest BCUT2D eigenvalue weighted by Crippen LogP contribution is 2.25. The largest absolute Gasteiger partial charge is 0.508 e. The zero-order valence-corrected chi connectivity index (χ0v) is 13.0. The number of rotatable bonds is 4. The molecule has 1 aliphatic rings. The summed E-state index contributed by atoms with van der Waals surface area (Å²) in [7, 11) is 1.70. The third-order valence-corrected chi connectivity index (χ3v) is 3.61. The van der Waals surface area contributed by atoms with Gasteiger partial charge in [-0.15, -0.1) is 0 Å². The van der Waals surface area contributed by atoms with Crippen LogP contribution in [0.2, 0.25) is 0 Å². The lowest BCUT2D eigenvalue weighted by Crippen LogP contribution is -2.29. The average Bonchev–Trinajstić information content (AvgIpc) is 2.87. The zero-order chi connectivity index (χ0) is 17.1. The van der Waals surface area contributed by atoms with E-state index in [1.165, 1.54) is 36.8 Å². The van der Waals surface area contributed by atoms with E-state index in [4.69, 9.17) is 4.74 Å². The van der Waals surface area contributed by atoms with Gasteiger partial charge in [0.05, 0.1) is 6.20 Å². The number of hydrogen-bond donors (Lipinski definition) is 2. The standard InChI is InChI=1S/C16H16N4O4/c1-20-5-2-13(16(20)23)24-12-7-10(6-11(21)8-12)15(22)19-14-9-17-3-4-18-14/h3-4,6-9,13,21H,2,5H2,1H3,(H,18,19,22). The van der Waals surface area contributed by atoms with Gasteiger partial charge < -0.3 is 20.1 Å². The Morgan fingerprint density at radius 3 is 2.88 bits per heavy atom. The van der Waals surface area contributed by atoms with E-state index < -0.39 is 12.0 Å². The predicted octanol–water partition coefficient (Wildman–Crippen LogP) is 1.04. The van der Waals surface area contributed by atoms with Gasteiger partial charge in [0.15, 0.2) is 11.9 Å². The number of aromatic nitrogens is 2. The monoisotopic (exact) mass is 328 g/mol. The smallest absolute Gasteiger partial charge is 0.263 e. The second-order valence-corrected chi connectivity index (χ2v) is 5.42. The molecule has 1 saturated heterocycles. The number of nitrogens with one attached hydrogen (secondary N) is 1. The Balaban J connectivity index is 1.76. The summed E-state index contributed by atoms with van der Waals surface area (Å²) in [6, 6.07) is 4.14. The second kappa shape index (κ2) is 6.53. The van der Waals surface area contributed by atoms with Gasteiger partial charge in [0, 0.05) is 44.0 Å². The molecule has 1 fully saturated rings. The Kier molecular flexibility index (Phi) is 4.28. The van der Waals surface area contributed by atoms with Gasteiger partial charge in [0.1, 0.15) is 11.5 Å². The van der Waals surface area contributed by atoms with Crippen molar-refractivity contribution < 1.29 is 19.4 Å². The molecule has 2 N–H and O–H groups in total. The van der Waals surface area contributed by atoms with Crippen LogP contribution in [0.1, 0.15) is 16.8 Å². The van der Waals surface area contributed by atoms with Crippen LogP contribution in [0.3, 0.4) is 0 Å². The topological polar surface area (TPSA) is 105 Å². The van der Waals surface area contributed by atoms with Gasteiger partial charge in [0.25, 0.3) is 11.8 Å². The number of nitrogens with zero attached hydrogens (tertiary/aromatic N) is 3. The van der Waals surface area contributed by atoms with Crippen LogP contribution in [0.5, 0.6) is 11.5 Å². The van der Waals surface area contributed by atoms with Crippen molar-refractivity contribution in [1.82, 2.24) is 14.9 Å². The number of aromatic hydroxyl groups is 1. The van der Waals surface area contributed by atoms with Crippen LogP contribution in [0.4, 0.5) is 5.82 Å². The second-order valence-electron chi connectivity index (χ2n) is 5.42. The lowest BCUT2D eigenvalue weighted by Gasteiger charge is -2.14. The van der Waals surface area contributed by atoms with Gasteiger partial charge in [-0.25, -0.2) is 4.98 Å². The number of hydrogen-bond acceptors (Lipinski definition) is 6. The Hall–Kier alpha value is -3.16. The summed E-state index contributed by atoms with van der Waals surface area (Å²) in [5.41, 5.74) is 0.189. The van der Waals surface area contributed by atoms with Gasteiger partial charge in [-0.1, -0.05) is 0 Å². The fourth-order valence-corrected chi connectivity index (χ4v) is 2.40. The Bertz CT molecular complexity index is 766. The summed E-state index contributed by atoms with van der Waals surface area (Å²) < 4.78 is 5.62. The Morgan fingerprint density at radius 2 is 2.21 bits per heavy atom. The molecular formula is C16H16N4O4. The number of phenols is 1. The van der Waals surface area contributed by atoms with E-state index in [2.05, 4.69) is 15.3 Å². The molecule has 1 aromatic heterocycles. The molecule has 2 aromatic rings. The third kappa shape index (κ3) is 3.43. The highest BCUT2D eigenvalue weighted by atomic mass is 16.5. The Morgan fingerprint density at radius 1 is 1.38 bits per heavy atom. The van der Waals surface area contributed by atoms with Crippen LogP contribution >= 0.6 is 0 Å². The molecule has 2 amide bonds. The van der Waals surface area contributed by atoms with Crippen molar-refractivity contribution in [3.8, 4) is 11.5 Å². The van der Waals surface area contributed by atoms with E-state index in [1.54, 1.807) is 11.9 Å².